The van der Waals surface area contributed by atoms with Crippen LogP contribution in [0.2, 0.25) is 15.1 Å². The summed E-state index contributed by atoms with van der Waals surface area (Å²) in [6.07, 6.45) is 4.48. The van der Waals surface area contributed by atoms with Crippen LogP contribution in [0.15, 0.2) is 85.5 Å². The van der Waals surface area contributed by atoms with Gasteiger partial charge in [0.05, 0.1) is 23.5 Å². The molecule has 4 aromatic rings. The van der Waals surface area contributed by atoms with Crippen molar-refractivity contribution in [1.82, 2.24) is 20.2 Å². The topological polar surface area (TPSA) is 94.8 Å². The molecule has 3 aromatic carbocycles. The summed E-state index contributed by atoms with van der Waals surface area (Å²) >= 11 is 18.9. The number of imidazole rings is 1. The molecule has 2 atom stereocenters. The van der Waals surface area contributed by atoms with Crippen LogP contribution in [-0.2, 0) is 12.1 Å². The number of nitriles is 1. The zero-order valence-electron chi connectivity index (χ0n) is 20.3. The number of halogens is 3. The number of anilines is 1. The van der Waals surface area contributed by atoms with E-state index in [4.69, 9.17) is 34.8 Å². The third-order valence-electron chi connectivity index (χ3n) is 5.73. The van der Waals surface area contributed by atoms with E-state index in [1.54, 1.807) is 55.0 Å². The SMILES string of the molecule is C[C@](Cn1ccnc1)(NC(NC(=O)c1cccc(C#N)c1)Nc1ccc(Cl)cc1)c1ccc(Cl)cc1Cl.S. The molecule has 1 unspecified atom stereocenters. The molecule has 0 spiro atoms. The minimum atomic E-state index is -0.797. The van der Waals surface area contributed by atoms with E-state index in [1.165, 1.54) is 6.07 Å². The molecule has 0 aliphatic heterocycles. The highest BCUT2D eigenvalue weighted by Crippen LogP contribution is 2.32. The molecule has 1 amide bonds. The van der Waals surface area contributed by atoms with Crippen molar-refractivity contribution in [3.05, 3.63) is 117 Å². The molecule has 0 fully saturated rings. The van der Waals surface area contributed by atoms with Gasteiger partial charge in [-0.3, -0.25) is 10.1 Å². The molecule has 0 saturated heterocycles. The molecule has 1 aromatic heterocycles. The highest BCUT2D eigenvalue weighted by Gasteiger charge is 2.33. The van der Waals surface area contributed by atoms with E-state index in [1.807, 2.05) is 35.9 Å². The number of nitrogens with zero attached hydrogens (tertiary/aromatic N) is 3. The van der Waals surface area contributed by atoms with Gasteiger partial charge in [-0.2, -0.15) is 18.8 Å². The number of rotatable bonds is 9. The number of carbonyl (C=O) groups excluding carboxylic acids is 1. The van der Waals surface area contributed by atoms with E-state index in [2.05, 4.69) is 27.0 Å². The highest BCUT2D eigenvalue weighted by molar-refractivity contribution is 7.59. The summed E-state index contributed by atoms with van der Waals surface area (Å²) in [7, 11) is 0. The van der Waals surface area contributed by atoms with Crippen LogP contribution in [0.1, 0.15) is 28.4 Å². The maximum atomic E-state index is 13.2. The first kappa shape index (κ1) is 29.4. The summed E-state index contributed by atoms with van der Waals surface area (Å²) in [5, 5.41) is 20.6. The molecular formula is C27H25Cl3N6OS. The Kier molecular flexibility index (Phi) is 10.1. The minimum absolute atomic E-state index is 0. The van der Waals surface area contributed by atoms with Crippen molar-refractivity contribution in [3.8, 4) is 6.07 Å². The Labute approximate surface area is 243 Å². The van der Waals surface area contributed by atoms with Gasteiger partial charge in [-0.15, -0.1) is 0 Å². The van der Waals surface area contributed by atoms with Gasteiger partial charge in [-0.05, 0) is 67.1 Å². The second-order valence-corrected chi connectivity index (χ2v) is 9.87. The second-order valence-electron chi connectivity index (χ2n) is 8.59. The van der Waals surface area contributed by atoms with E-state index in [9.17, 15) is 10.1 Å². The van der Waals surface area contributed by atoms with Gasteiger partial charge in [0.15, 0.2) is 6.29 Å². The van der Waals surface area contributed by atoms with Gasteiger partial charge in [0.25, 0.3) is 5.91 Å². The molecule has 4 rings (SSSR count). The Bertz CT molecular complexity index is 1430. The fourth-order valence-corrected chi connectivity index (χ4v) is 4.72. The van der Waals surface area contributed by atoms with Gasteiger partial charge in [-0.25, -0.2) is 4.98 Å². The van der Waals surface area contributed by atoms with Gasteiger partial charge in [0.1, 0.15) is 0 Å². The molecule has 0 saturated carbocycles. The van der Waals surface area contributed by atoms with Crippen molar-refractivity contribution in [2.75, 3.05) is 5.32 Å². The number of carbonyl (C=O) groups is 1. The first-order chi connectivity index (χ1) is 17.8. The standard InChI is InChI=1S/C27H23Cl3N6O.H2S/c1-27(16-36-12-11-32-17-36,23-10-7-21(29)14-24(23)30)35-26(33-22-8-5-20(28)6-9-22)34-25(37)19-4-2-3-18(13-19)15-31;/h2-14,17,26,33,35H,16H2,1H3,(H,34,37);1H2/t26?,27-;/m1./s1. The quantitative estimate of drug-likeness (QED) is 0.204. The first-order valence-corrected chi connectivity index (χ1v) is 12.4. The fraction of sp³-hybridized carbons (Fsp3) is 0.148. The lowest BCUT2D eigenvalue weighted by Crippen LogP contribution is -2.58. The van der Waals surface area contributed by atoms with Crippen LogP contribution >= 0.6 is 48.3 Å². The Balaban J connectivity index is 0.00000400. The smallest absolute Gasteiger partial charge is 0.253 e. The van der Waals surface area contributed by atoms with Crippen LogP contribution in [0.3, 0.4) is 0 Å². The third kappa shape index (κ3) is 7.44. The van der Waals surface area contributed by atoms with Crippen LogP contribution in [-0.4, -0.2) is 21.7 Å². The van der Waals surface area contributed by atoms with E-state index >= 15 is 0 Å². The molecule has 38 heavy (non-hydrogen) atoms. The average molecular weight is 588 g/mol. The van der Waals surface area contributed by atoms with E-state index in [-0.39, 0.29) is 19.4 Å². The minimum Gasteiger partial charge on any atom is -0.353 e. The van der Waals surface area contributed by atoms with Crippen LogP contribution in [0, 0.1) is 11.3 Å². The van der Waals surface area contributed by atoms with E-state index in [0.29, 0.717) is 32.7 Å². The summed E-state index contributed by atoms with van der Waals surface area (Å²) in [6, 6.07) is 21.0. The van der Waals surface area contributed by atoms with Crippen molar-refractivity contribution in [2.45, 2.75) is 25.3 Å². The van der Waals surface area contributed by atoms with Crippen LogP contribution < -0.4 is 16.0 Å². The number of aromatic nitrogens is 2. The number of amides is 1. The average Bonchev–Trinajstić information content (AvgIpc) is 3.38. The van der Waals surface area contributed by atoms with Gasteiger partial charge >= 0.3 is 0 Å². The van der Waals surface area contributed by atoms with Crippen molar-refractivity contribution in [3.63, 3.8) is 0 Å². The predicted octanol–water partition coefficient (Wildman–Crippen LogP) is 6.16. The second kappa shape index (κ2) is 13.1. The lowest BCUT2D eigenvalue weighted by molar-refractivity contribution is 0.0923. The predicted molar refractivity (Wildman–Crippen MR) is 157 cm³/mol. The maximum Gasteiger partial charge on any atom is 0.253 e. The molecule has 0 aliphatic rings. The summed E-state index contributed by atoms with van der Waals surface area (Å²) in [5.74, 6) is -0.372. The Morgan fingerprint density at radius 3 is 2.47 bits per heavy atom. The molecule has 1 heterocycles. The lowest BCUT2D eigenvalue weighted by atomic mass is 9.91. The Morgan fingerprint density at radius 1 is 1.08 bits per heavy atom. The molecular weight excluding hydrogens is 563 g/mol. The van der Waals surface area contributed by atoms with E-state index < -0.39 is 11.8 Å². The van der Waals surface area contributed by atoms with Gasteiger partial charge in [0, 0.05) is 45.3 Å². The van der Waals surface area contributed by atoms with Crippen molar-refractivity contribution in [1.29, 1.82) is 5.26 Å². The summed E-state index contributed by atoms with van der Waals surface area (Å²) in [4.78, 5) is 17.4. The fourth-order valence-electron chi connectivity index (χ4n) is 3.97. The summed E-state index contributed by atoms with van der Waals surface area (Å²) in [6.45, 7) is 2.41. The Hall–Kier alpha value is -3.19. The zero-order chi connectivity index (χ0) is 26.4. The van der Waals surface area contributed by atoms with Gasteiger partial charge in [-0.1, -0.05) is 46.9 Å². The van der Waals surface area contributed by atoms with Crippen LogP contribution in [0.25, 0.3) is 0 Å². The van der Waals surface area contributed by atoms with Crippen molar-refractivity contribution in [2.24, 2.45) is 0 Å². The monoisotopic (exact) mass is 586 g/mol. The molecule has 3 N–H and O–H groups in total. The normalized spacial score (nSPS) is 12.9. The molecule has 7 nitrogen and oxygen atoms in total. The third-order valence-corrected chi connectivity index (χ3v) is 6.53. The number of nitrogens with one attached hydrogen (secondary N) is 3. The Morgan fingerprint density at radius 2 is 1.82 bits per heavy atom. The molecule has 11 heteroatoms. The molecule has 0 bridgehead atoms. The number of hydrogen-bond acceptors (Lipinski definition) is 5. The molecule has 0 aliphatic carbocycles. The number of hydrogen-bond donors (Lipinski definition) is 3. The zero-order valence-corrected chi connectivity index (χ0v) is 23.5. The van der Waals surface area contributed by atoms with Gasteiger partial charge in [0.2, 0.25) is 0 Å². The van der Waals surface area contributed by atoms with Crippen molar-refractivity contribution >= 4 is 59.9 Å². The highest BCUT2D eigenvalue weighted by atomic mass is 35.5. The number of benzene rings is 3. The van der Waals surface area contributed by atoms with E-state index in [0.717, 1.165) is 11.3 Å². The maximum absolute atomic E-state index is 13.2. The lowest BCUT2D eigenvalue weighted by Gasteiger charge is -2.37. The van der Waals surface area contributed by atoms with Crippen LogP contribution in [0.4, 0.5) is 5.69 Å². The summed E-state index contributed by atoms with van der Waals surface area (Å²) < 4.78 is 1.91. The summed E-state index contributed by atoms with van der Waals surface area (Å²) in [5.41, 5.74) is 1.44. The van der Waals surface area contributed by atoms with Gasteiger partial charge < -0.3 is 15.2 Å². The largest absolute Gasteiger partial charge is 0.353 e. The molecule has 196 valence electrons. The first-order valence-electron chi connectivity index (χ1n) is 11.3. The van der Waals surface area contributed by atoms with Crippen molar-refractivity contribution < 1.29 is 4.79 Å². The molecule has 0 radical (unpaired) electrons. The van der Waals surface area contributed by atoms with Crippen LogP contribution in [0.5, 0.6) is 0 Å².